The van der Waals surface area contributed by atoms with Crippen molar-refractivity contribution in [1.82, 2.24) is 10.2 Å². The van der Waals surface area contributed by atoms with E-state index < -0.39 is 50.2 Å². The van der Waals surface area contributed by atoms with Gasteiger partial charge in [-0.1, -0.05) is 23.2 Å². The molecule has 1 aromatic heterocycles. The van der Waals surface area contributed by atoms with Gasteiger partial charge in [0.2, 0.25) is 10.8 Å². The van der Waals surface area contributed by atoms with Gasteiger partial charge >= 0.3 is 6.18 Å². The lowest BCUT2D eigenvalue weighted by Gasteiger charge is -2.17. The lowest BCUT2D eigenvalue weighted by atomic mass is 9.98. The van der Waals surface area contributed by atoms with Crippen molar-refractivity contribution in [3.63, 3.8) is 0 Å². The van der Waals surface area contributed by atoms with E-state index in [0.29, 0.717) is 6.07 Å². The molecule has 7 nitrogen and oxygen atoms in total. The third kappa shape index (κ3) is 4.97. The highest BCUT2D eigenvalue weighted by molar-refractivity contribution is 7.91. The number of Topliss-reactive ketones (excluding diaryl/α,β-unsaturated/α-hetero) is 1. The van der Waals surface area contributed by atoms with E-state index in [9.17, 15) is 27.3 Å². The van der Waals surface area contributed by atoms with E-state index in [0.717, 1.165) is 6.92 Å². The highest BCUT2D eigenvalue weighted by atomic mass is 35.5. The van der Waals surface area contributed by atoms with Crippen molar-refractivity contribution < 1.29 is 27.3 Å². The third-order valence-electron chi connectivity index (χ3n) is 3.79. The van der Waals surface area contributed by atoms with Crippen LogP contribution in [0.4, 0.5) is 19.0 Å². The van der Waals surface area contributed by atoms with Gasteiger partial charge in [-0.3, -0.25) is 14.7 Å². The maximum Gasteiger partial charge on any atom is 0.417 e. The number of hydrogen-bond donors (Lipinski definition) is 3. The summed E-state index contributed by atoms with van der Waals surface area (Å²) in [6.45, 7) is 1.03. The second-order valence-electron chi connectivity index (χ2n) is 5.90. The molecule has 4 N–H and O–H groups in total. The molecule has 1 unspecified atom stereocenters. The molecule has 0 fully saturated rings. The largest absolute Gasteiger partial charge is 0.611 e. The fraction of sp³-hybridized carbons (Fsp3) is 0.312. The summed E-state index contributed by atoms with van der Waals surface area (Å²) in [4.78, 5) is 22.8. The zero-order valence-corrected chi connectivity index (χ0v) is 17.4. The smallest absolute Gasteiger partial charge is 0.417 e. The van der Waals surface area contributed by atoms with Gasteiger partial charge in [-0.05, 0) is 24.2 Å². The number of rotatable bonds is 7. The number of ketones is 1. The normalized spacial score (nSPS) is 12.7. The number of nitrogens with one attached hydrogen (secondary N) is 2. The van der Waals surface area contributed by atoms with Crippen molar-refractivity contribution in [2.24, 2.45) is 5.73 Å². The van der Waals surface area contributed by atoms with E-state index in [-0.39, 0.29) is 34.9 Å². The maximum absolute atomic E-state index is 13.3. The molecule has 0 saturated heterocycles. The van der Waals surface area contributed by atoms with E-state index in [2.05, 4.69) is 15.5 Å². The molecule has 1 heterocycles. The van der Waals surface area contributed by atoms with Crippen LogP contribution in [0.15, 0.2) is 11.0 Å². The highest BCUT2D eigenvalue weighted by Gasteiger charge is 2.38. The number of halogens is 5. The average molecular weight is 471 g/mol. The Hall–Kier alpha value is -1.95. The number of carbonyl (C=O) groups excluding carboxylic acids is 2. The molecule has 1 aromatic carbocycles. The van der Waals surface area contributed by atoms with Crippen molar-refractivity contribution in [2.75, 3.05) is 18.1 Å². The molecule has 2 aromatic rings. The van der Waals surface area contributed by atoms with Crippen molar-refractivity contribution in [3.8, 4) is 11.3 Å². The van der Waals surface area contributed by atoms with Crippen LogP contribution in [0, 0.1) is 0 Å². The van der Waals surface area contributed by atoms with Crippen LogP contribution in [0.1, 0.15) is 29.3 Å². The van der Waals surface area contributed by atoms with Gasteiger partial charge in [-0.15, -0.1) is 0 Å². The number of nitrogens with two attached hydrogens (primary N) is 1. The minimum absolute atomic E-state index is 0.0274. The SMILES string of the molecule is CC(=O)c1c(C(F)(F)F)cc(Cl)c(-c2n[nH]c(NCCC(N)=O)c2[S+](C)[O-])c1Cl. The van der Waals surface area contributed by atoms with E-state index >= 15 is 0 Å². The first kappa shape index (κ1) is 23.3. The number of primary amides is 1. The standard InChI is InChI=1S/C16H15Cl2F3N4O3S/c1-6(26)10-7(16(19,20)21)5-8(17)11(12(10)18)13-14(29(2)28)15(25-24-13)23-4-3-9(22)27/h5H,3-4H2,1-2H3,(H2,22,27)(H2,23,24,25). The van der Waals surface area contributed by atoms with Crippen LogP contribution in [0.3, 0.4) is 0 Å². The molecule has 0 saturated carbocycles. The van der Waals surface area contributed by atoms with E-state index in [1.807, 2.05) is 0 Å². The topological polar surface area (TPSA) is 124 Å². The van der Waals surface area contributed by atoms with Crippen molar-refractivity contribution >= 4 is 51.9 Å². The Kier molecular flexibility index (Phi) is 7.10. The zero-order valence-electron chi connectivity index (χ0n) is 15.0. The highest BCUT2D eigenvalue weighted by Crippen LogP contribution is 2.45. The summed E-state index contributed by atoms with van der Waals surface area (Å²) in [5.41, 5.74) is 2.76. The molecule has 13 heteroatoms. The summed E-state index contributed by atoms with van der Waals surface area (Å²) in [6.07, 6.45) is -3.58. The van der Waals surface area contributed by atoms with Crippen molar-refractivity contribution in [3.05, 3.63) is 27.2 Å². The van der Waals surface area contributed by atoms with E-state index in [1.165, 1.54) is 6.26 Å². The summed E-state index contributed by atoms with van der Waals surface area (Å²) in [5.74, 6) is -1.34. The fourth-order valence-corrected chi connectivity index (χ4v) is 4.21. The maximum atomic E-state index is 13.3. The minimum atomic E-state index is -4.86. The molecule has 29 heavy (non-hydrogen) atoms. The quantitative estimate of drug-likeness (QED) is 0.420. The Morgan fingerprint density at radius 3 is 2.48 bits per heavy atom. The minimum Gasteiger partial charge on any atom is -0.611 e. The average Bonchev–Trinajstić information content (AvgIpc) is 2.96. The number of aromatic nitrogens is 2. The molecule has 0 aliphatic carbocycles. The molecule has 1 atom stereocenters. The number of amides is 1. The second-order valence-corrected chi connectivity index (χ2v) is 8.00. The van der Waals surface area contributed by atoms with Crippen LogP contribution in [-0.4, -0.2) is 39.2 Å². The number of anilines is 1. The van der Waals surface area contributed by atoms with Crippen LogP contribution in [0.5, 0.6) is 0 Å². The first-order valence-electron chi connectivity index (χ1n) is 7.90. The number of nitrogens with zero attached hydrogens (tertiary/aromatic N) is 1. The van der Waals surface area contributed by atoms with Gasteiger partial charge in [0.1, 0.15) is 6.26 Å². The van der Waals surface area contributed by atoms with Gasteiger partial charge < -0.3 is 15.6 Å². The first-order chi connectivity index (χ1) is 13.4. The van der Waals surface area contributed by atoms with Crippen LogP contribution in [-0.2, 0) is 22.1 Å². The molecular formula is C16H15Cl2F3N4O3S. The summed E-state index contributed by atoms with van der Waals surface area (Å²) in [7, 11) is 0. The Morgan fingerprint density at radius 2 is 2.00 bits per heavy atom. The van der Waals surface area contributed by atoms with Crippen LogP contribution < -0.4 is 11.1 Å². The molecule has 0 radical (unpaired) electrons. The summed E-state index contributed by atoms with van der Waals surface area (Å²) in [6, 6.07) is 0.580. The molecule has 0 spiro atoms. The molecule has 0 aliphatic rings. The first-order valence-corrected chi connectivity index (χ1v) is 10.2. The van der Waals surface area contributed by atoms with Crippen LogP contribution >= 0.6 is 23.2 Å². The predicted octanol–water partition coefficient (Wildman–Crippen LogP) is 3.63. The van der Waals surface area contributed by atoms with Gasteiger partial charge in [0, 0.05) is 24.1 Å². The van der Waals surface area contributed by atoms with Gasteiger partial charge in [0.05, 0.1) is 15.6 Å². The Morgan fingerprint density at radius 1 is 1.38 bits per heavy atom. The lowest BCUT2D eigenvalue weighted by Crippen LogP contribution is -2.16. The van der Waals surface area contributed by atoms with Gasteiger partial charge in [0.15, 0.2) is 17.3 Å². The summed E-state index contributed by atoms with van der Waals surface area (Å²) >= 11 is 10.5. The summed E-state index contributed by atoms with van der Waals surface area (Å²) in [5, 5.41) is 8.31. The Bertz CT molecular complexity index is 964. The number of H-pyrrole nitrogens is 1. The number of hydrogen-bond acceptors (Lipinski definition) is 5. The Labute approximate surface area is 176 Å². The molecular weight excluding hydrogens is 456 g/mol. The molecule has 1 amide bonds. The number of benzene rings is 1. The molecule has 0 aliphatic heterocycles. The number of aromatic amines is 1. The third-order valence-corrected chi connectivity index (χ3v) is 5.44. The number of alkyl halides is 3. The lowest BCUT2D eigenvalue weighted by molar-refractivity contribution is -0.137. The molecule has 0 bridgehead atoms. The monoisotopic (exact) mass is 470 g/mol. The predicted molar refractivity (Wildman–Crippen MR) is 104 cm³/mol. The van der Waals surface area contributed by atoms with Crippen LogP contribution in [0.25, 0.3) is 11.3 Å². The molecule has 2 rings (SSSR count). The van der Waals surface area contributed by atoms with Gasteiger partial charge in [-0.2, -0.15) is 18.3 Å². The summed E-state index contributed by atoms with van der Waals surface area (Å²) < 4.78 is 52.3. The van der Waals surface area contributed by atoms with Crippen molar-refractivity contribution in [2.45, 2.75) is 24.4 Å². The second kappa shape index (κ2) is 8.82. The van der Waals surface area contributed by atoms with Gasteiger partial charge in [0.25, 0.3) is 0 Å². The van der Waals surface area contributed by atoms with E-state index in [1.54, 1.807) is 0 Å². The van der Waals surface area contributed by atoms with Crippen molar-refractivity contribution in [1.29, 1.82) is 0 Å². The van der Waals surface area contributed by atoms with Gasteiger partial charge in [-0.25, -0.2) is 0 Å². The molecule has 158 valence electrons. The number of carbonyl (C=O) groups is 2. The van der Waals surface area contributed by atoms with Crippen LogP contribution in [0.2, 0.25) is 10.0 Å². The zero-order chi connectivity index (χ0) is 22.1. The van der Waals surface area contributed by atoms with E-state index in [4.69, 9.17) is 28.9 Å². The fourth-order valence-electron chi connectivity index (χ4n) is 2.62. The Balaban J connectivity index is 2.69.